The fourth-order valence-corrected chi connectivity index (χ4v) is 6.04. The monoisotopic (exact) mass is 368 g/mol. The number of benzene rings is 1. The molecule has 0 aliphatic rings. The first-order valence-corrected chi connectivity index (χ1v) is 11.8. The highest BCUT2D eigenvalue weighted by Crippen LogP contribution is 2.00. The van der Waals surface area contributed by atoms with Crippen molar-refractivity contribution in [1.82, 2.24) is 0 Å². The minimum Gasteiger partial charge on any atom is -0.390 e. The molecule has 0 fully saturated rings. The van der Waals surface area contributed by atoms with Crippen LogP contribution in [0.15, 0.2) is 24.3 Å². The van der Waals surface area contributed by atoms with Gasteiger partial charge in [-0.25, -0.2) is 0 Å². The molecule has 0 bridgehead atoms. The summed E-state index contributed by atoms with van der Waals surface area (Å²) in [6, 6.07) is 8.33. The maximum atomic E-state index is 6.06. The molecule has 0 heterocycles. The minimum atomic E-state index is -1.51. The van der Waals surface area contributed by atoms with Crippen LogP contribution in [-0.4, -0.2) is 45.0 Å². The smallest absolute Gasteiger partial charge is 0.390 e. The molecule has 0 N–H and O–H groups in total. The highest BCUT2D eigenvalue weighted by Gasteiger charge is 2.29. The Kier molecular flexibility index (Phi) is 12.3. The van der Waals surface area contributed by atoms with Crippen LogP contribution in [0.4, 0.5) is 0 Å². The third-order valence-electron chi connectivity index (χ3n) is 3.12. The van der Waals surface area contributed by atoms with E-state index in [2.05, 4.69) is 39.8 Å². The molecule has 1 aromatic rings. The summed E-state index contributed by atoms with van der Waals surface area (Å²) in [5, 5.41) is 2.29. The van der Waals surface area contributed by atoms with E-state index in [9.17, 15) is 0 Å². The summed E-state index contributed by atoms with van der Waals surface area (Å²) in [7, 11) is -3.01. The molecule has 136 valence electrons. The van der Waals surface area contributed by atoms with Gasteiger partial charge in [-0.2, -0.15) is 0 Å². The molecule has 4 nitrogen and oxygen atoms in total. The van der Waals surface area contributed by atoms with Gasteiger partial charge in [0.05, 0.1) is 0 Å². The van der Waals surface area contributed by atoms with E-state index >= 15 is 0 Å². The van der Waals surface area contributed by atoms with Gasteiger partial charge in [-0.15, -0.1) is 0 Å². The van der Waals surface area contributed by atoms with Crippen LogP contribution in [0, 0.1) is 0 Å². The second kappa shape index (κ2) is 13.7. The summed E-state index contributed by atoms with van der Waals surface area (Å²) in [5.74, 6) is 0. The topological polar surface area (TPSA) is 36.9 Å². The lowest BCUT2D eigenvalue weighted by molar-refractivity contribution is 0.204. The molecule has 0 saturated carbocycles. The molecule has 0 atom stereocenters. The summed E-state index contributed by atoms with van der Waals surface area (Å²) in [5.41, 5.74) is 0. The Morgan fingerprint density at radius 2 is 0.875 bits per heavy atom. The van der Waals surface area contributed by atoms with Gasteiger partial charge in [-0.1, -0.05) is 52.0 Å². The van der Waals surface area contributed by atoms with E-state index < -0.39 is 18.6 Å². The summed E-state index contributed by atoms with van der Waals surface area (Å²) in [6.45, 7) is 11.4. The molecule has 0 spiro atoms. The summed E-state index contributed by atoms with van der Waals surface area (Å²) >= 11 is 0. The molecule has 24 heavy (non-hydrogen) atoms. The SMILES string of the molecule is CCCO[Si](OCCC)c1ccccc1[Si](OCCC)OCCC. The van der Waals surface area contributed by atoms with Crippen molar-refractivity contribution in [3.8, 4) is 0 Å². The Bertz CT molecular complexity index is 376. The molecule has 0 aliphatic heterocycles. The van der Waals surface area contributed by atoms with E-state index in [-0.39, 0.29) is 0 Å². The fraction of sp³-hybridized carbons (Fsp3) is 0.667. The van der Waals surface area contributed by atoms with Gasteiger partial charge in [-0.05, 0) is 36.1 Å². The molecule has 0 unspecified atom stereocenters. The standard InChI is InChI=1S/C18H32O4Si2/c1-5-13-19-23(20-14-6-2)17-11-9-10-12-18(17)24(21-15-7-3)22-16-8-4/h9-12H,5-8,13-16H2,1-4H3. The second-order valence-corrected chi connectivity index (χ2v) is 8.90. The molecule has 0 amide bonds. The Labute approximate surface area is 151 Å². The number of hydrogen-bond donors (Lipinski definition) is 0. The quantitative estimate of drug-likeness (QED) is 0.473. The predicted molar refractivity (Wildman–Crippen MR) is 102 cm³/mol. The lowest BCUT2D eigenvalue weighted by Crippen LogP contribution is -2.53. The molecule has 2 radical (unpaired) electrons. The zero-order valence-electron chi connectivity index (χ0n) is 15.6. The third-order valence-corrected chi connectivity index (χ3v) is 6.98. The molecule has 1 rings (SSSR count). The Morgan fingerprint density at radius 3 is 1.12 bits per heavy atom. The Morgan fingerprint density at radius 1 is 0.583 bits per heavy atom. The van der Waals surface area contributed by atoms with Crippen molar-refractivity contribution in [2.45, 2.75) is 53.4 Å². The highest BCUT2D eigenvalue weighted by atomic mass is 28.3. The van der Waals surface area contributed by atoms with E-state index in [1.54, 1.807) is 0 Å². The highest BCUT2D eigenvalue weighted by molar-refractivity contribution is 6.73. The van der Waals surface area contributed by atoms with Crippen LogP contribution in [0.25, 0.3) is 0 Å². The van der Waals surface area contributed by atoms with Crippen molar-refractivity contribution in [2.75, 3.05) is 26.4 Å². The molecular formula is C18H32O4Si2. The fourth-order valence-electron chi connectivity index (χ4n) is 2.01. The third kappa shape index (κ3) is 7.59. The van der Waals surface area contributed by atoms with Crippen molar-refractivity contribution >= 4 is 28.9 Å². The van der Waals surface area contributed by atoms with Gasteiger partial charge in [0, 0.05) is 26.4 Å². The maximum Gasteiger partial charge on any atom is 0.423 e. The molecule has 0 aromatic heterocycles. The average molecular weight is 369 g/mol. The van der Waals surface area contributed by atoms with Gasteiger partial charge in [0.1, 0.15) is 0 Å². The van der Waals surface area contributed by atoms with Crippen molar-refractivity contribution in [2.24, 2.45) is 0 Å². The molecule has 6 heteroatoms. The predicted octanol–water partition coefficient (Wildman–Crippen LogP) is 2.78. The van der Waals surface area contributed by atoms with E-state index in [0.717, 1.165) is 62.5 Å². The van der Waals surface area contributed by atoms with Gasteiger partial charge in [0.2, 0.25) is 0 Å². The van der Waals surface area contributed by atoms with Crippen LogP contribution >= 0.6 is 0 Å². The van der Waals surface area contributed by atoms with Crippen molar-refractivity contribution in [3.05, 3.63) is 24.3 Å². The lowest BCUT2D eigenvalue weighted by atomic mass is 10.4. The van der Waals surface area contributed by atoms with Gasteiger partial charge in [0.15, 0.2) is 0 Å². The molecular weight excluding hydrogens is 336 g/mol. The van der Waals surface area contributed by atoms with Crippen molar-refractivity contribution < 1.29 is 17.7 Å². The van der Waals surface area contributed by atoms with Crippen molar-refractivity contribution in [1.29, 1.82) is 0 Å². The van der Waals surface area contributed by atoms with Gasteiger partial charge >= 0.3 is 18.6 Å². The summed E-state index contributed by atoms with van der Waals surface area (Å²) < 4.78 is 24.3. The first-order valence-electron chi connectivity index (χ1n) is 9.13. The molecule has 0 aliphatic carbocycles. The van der Waals surface area contributed by atoms with E-state index in [1.165, 1.54) is 0 Å². The Hall–Kier alpha value is -0.506. The first kappa shape index (κ1) is 21.5. The van der Waals surface area contributed by atoms with Crippen LogP contribution in [0.2, 0.25) is 0 Å². The average Bonchev–Trinajstić information content (AvgIpc) is 2.62. The van der Waals surface area contributed by atoms with E-state index in [1.807, 2.05) is 12.1 Å². The zero-order chi connectivity index (χ0) is 17.6. The first-order chi connectivity index (χ1) is 11.8. The van der Waals surface area contributed by atoms with Crippen LogP contribution in [0.5, 0.6) is 0 Å². The lowest BCUT2D eigenvalue weighted by Gasteiger charge is -2.21. The maximum absolute atomic E-state index is 6.06. The number of rotatable bonds is 14. The second-order valence-electron chi connectivity index (χ2n) is 5.51. The largest absolute Gasteiger partial charge is 0.423 e. The normalized spacial score (nSPS) is 11.6. The van der Waals surface area contributed by atoms with Crippen LogP contribution < -0.4 is 10.4 Å². The van der Waals surface area contributed by atoms with Gasteiger partial charge < -0.3 is 17.7 Å². The van der Waals surface area contributed by atoms with Crippen LogP contribution in [-0.2, 0) is 17.7 Å². The van der Waals surface area contributed by atoms with Crippen LogP contribution in [0.1, 0.15) is 53.4 Å². The van der Waals surface area contributed by atoms with E-state index in [4.69, 9.17) is 17.7 Å². The molecule has 1 aromatic carbocycles. The summed E-state index contributed by atoms with van der Waals surface area (Å²) in [6.07, 6.45) is 3.95. The van der Waals surface area contributed by atoms with Gasteiger partial charge in [-0.3, -0.25) is 0 Å². The van der Waals surface area contributed by atoms with E-state index in [0.29, 0.717) is 0 Å². The molecule has 0 saturated heterocycles. The van der Waals surface area contributed by atoms with Crippen molar-refractivity contribution in [3.63, 3.8) is 0 Å². The summed E-state index contributed by atoms with van der Waals surface area (Å²) in [4.78, 5) is 0. The number of hydrogen-bond acceptors (Lipinski definition) is 4. The van der Waals surface area contributed by atoms with Crippen LogP contribution in [0.3, 0.4) is 0 Å². The van der Waals surface area contributed by atoms with Gasteiger partial charge in [0.25, 0.3) is 0 Å². The zero-order valence-corrected chi connectivity index (χ0v) is 17.6. The Balaban J connectivity index is 3.01. The minimum absolute atomic E-state index is 0.722.